The van der Waals surface area contributed by atoms with Crippen LogP contribution in [0.25, 0.3) is 10.2 Å². The van der Waals surface area contributed by atoms with Crippen molar-refractivity contribution in [3.05, 3.63) is 16.8 Å². The van der Waals surface area contributed by atoms with E-state index in [0.29, 0.717) is 0 Å². The second-order valence-corrected chi connectivity index (χ2v) is 7.46. The summed E-state index contributed by atoms with van der Waals surface area (Å²) in [5.74, 6) is -0.331. The lowest BCUT2D eigenvalue weighted by molar-refractivity contribution is -0.119. The number of nitrogens with one attached hydrogen (secondary N) is 2. The maximum absolute atomic E-state index is 12.0. The summed E-state index contributed by atoms with van der Waals surface area (Å²) in [7, 11) is 1.48. The lowest BCUT2D eigenvalue weighted by atomic mass is 10.2. The fourth-order valence-electron chi connectivity index (χ4n) is 2.49. The van der Waals surface area contributed by atoms with Crippen molar-refractivity contribution in [1.29, 1.82) is 0 Å². The van der Waals surface area contributed by atoms with Crippen molar-refractivity contribution in [1.82, 2.24) is 20.6 Å². The van der Waals surface area contributed by atoms with Crippen molar-refractivity contribution in [3.63, 3.8) is 0 Å². The lowest BCUT2D eigenvalue weighted by Gasteiger charge is -2.11. The summed E-state index contributed by atoms with van der Waals surface area (Å²) in [6.07, 6.45) is 4.87. The van der Waals surface area contributed by atoms with E-state index in [1.165, 1.54) is 35.7 Å². The SMILES string of the molecule is CNC(=O)NC(=O)[C@@H](C)Sc1ncnc2sc3c(c12)CCC3. The normalized spacial score (nSPS) is 14.6. The number of aromatic nitrogens is 2. The molecule has 0 saturated carbocycles. The van der Waals surface area contributed by atoms with Crippen LogP contribution in [-0.2, 0) is 17.6 Å². The molecule has 6 nitrogen and oxygen atoms in total. The second-order valence-electron chi connectivity index (χ2n) is 5.04. The molecule has 1 aliphatic rings. The molecule has 0 radical (unpaired) electrons. The summed E-state index contributed by atoms with van der Waals surface area (Å²) < 4.78 is 0. The Morgan fingerprint density at radius 3 is 2.95 bits per heavy atom. The van der Waals surface area contributed by atoms with Gasteiger partial charge < -0.3 is 5.32 Å². The van der Waals surface area contributed by atoms with E-state index in [1.807, 2.05) is 0 Å². The molecule has 0 bridgehead atoms. The van der Waals surface area contributed by atoms with Crippen LogP contribution in [0.5, 0.6) is 0 Å². The minimum absolute atomic E-state index is 0.331. The highest BCUT2D eigenvalue weighted by atomic mass is 32.2. The van der Waals surface area contributed by atoms with Crippen molar-refractivity contribution >= 4 is 45.3 Å². The van der Waals surface area contributed by atoms with Gasteiger partial charge in [-0.25, -0.2) is 14.8 Å². The number of carbonyl (C=O) groups excluding carboxylic acids is 2. The van der Waals surface area contributed by atoms with Gasteiger partial charge in [-0.15, -0.1) is 11.3 Å². The number of rotatable bonds is 3. The molecule has 116 valence electrons. The molecule has 0 unspecified atom stereocenters. The number of aryl methyl sites for hydroxylation is 2. The minimum atomic E-state index is -0.498. The molecular weight excluding hydrogens is 320 g/mol. The van der Waals surface area contributed by atoms with Crippen molar-refractivity contribution < 1.29 is 9.59 Å². The maximum atomic E-state index is 12.0. The van der Waals surface area contributed by atoms with Gasteiger partial charge in [-0.2, -0.15) is 0 Å². The Kier molecular flexibility index (Phi) is 4.30. The molecule has 3 rings (SSSR count). The first-order valence-electron chi connectivity index (χ1n) is 7.04. The zero-order valence-corrected chi connectivity index (χ0v) is 13.9. The van der Waals surface area contributed by atoms with Gasteiger partial charge in [0.25, 0.3) is 0 Å². The quantitative estimate of drug-likeness (QED) is 0.662. The number of nitrogens with zero attached hydrogens (tertiary/aromatic N) is 2. The first-order chi connectivity index (χ1) is 10.6. The van der Waals surface area contributed by atoms with Crippen LogP contribution in [0.15, 0.2) is 11.4 Å². The molecule has 8 heteroatoms. The van der Waals surface area contributed by atoms with Gasteiger partial charge in [0.1, 0.15) is 16.2 Å². The number of hydrogen-bond donors (Lipinski definition) is 2. The van der Waals surface area contributed by atoms with Gasteiger partial charge in [0.05, 0.1) is 5.25 Å². The van der Waals surface area contributed by atoms with Gasteiger partial charge in [0, 0.05) is 17.3 Å². The number of fused-ring (bicyclic) bond motifs is 3. The van der Waals surface area contributed by atoms with Crippen LogP contribution in [0.3, 0.4) is 0 Å². The van der Waals surface area contributed by atoms with Crippen LogP contribution in [0.1, 0.15) is 23.8 Å². The van der Waals surface area contributed by atoms with Gasteiger partial charge in [-0.1, -0.05) is 11.8 Å². The predicted molar refractivity (Wildman–Crippen MR) is 87.4 cm³/mol. The lowest BCUT2D eigenvalue weighted by Crippen LogP contribution is -2.41. The Hall–Kier alpha value is -1.67. The minimum Gasteiger partial charge on any atom is -0.341 e. The molecule has 3 amide bonds. The van der Waals surface area contributed by atoms with Crippen LogP contribution >= 0.6 is 23.1 Å². The van der Waals surface area contributed by atoms with E-state index in [2.05, 4.69) is 20.6 Å². The molecule has 0 saturated heterocycles. The number of carbonyl (C=O) groups is 2. The molecule has 0 spiro atoms. The molecule has 0 aliphatic heterocycles. The van der Waals surface area contributed by atoms with Crippen molar-refractivity contribution in [2.45, 2.75) is 36.5 Å². The molecular formula is C14H16N4O2S2. The number of thiophene rings is 1. The monoisotopic (exact) mass is 336 g/mol. The van der Waals surface area contributed by atoms with Gasteiger partial charge in [-0.05, 0) is 31.7 Å². The van der Waals surface area contributed by atoms with E-state index in [9.17, 15) is 9.59 Å². The summed E-state index contributed by atoms with van der Waals surface area (Å²) in [5.41, 5.74) is 1.34. The van der Waals surface area contributed by atoms with E-state index < -0.39 is 11.3 Å². The largest absolute Gasteiger partial charge is 0.341 e. The summed E-state index contributed by atoms with van der Waals surface area (Å²) >= 11 is 3.09. The average molecular weight is 336 g/mol. The molecule has 1 aliphatic carbocycles. The highest BCUT2D eigenvalue weighted by Crippen LogP contribution is 2.40. The Morgan fingerprint density at radius 1 is 1.36 bits per heavy atom. The first-order valence-corrected chi connectivity index (χ1v) is 8.74. The Balaban J connectivity index is 1.85. The standard InChI is InChI=1S/C14H16N4O2S2/c1-7(11(19)18-14(20)15-2)21-12-10-8-4-3-5-9(8)22-13(10)17-6-16-12/h6-7H,3-5H2,1-2H3,(H2,15,18,19,20)/t7-/m1/s1. The second kappa shape index (κ2) is 6.21. The van der Waals surface area contributed by atoms with Crippen LogP contribution in [0.4, 0.5) is 4.79 Å². The fourth-order valence-corrected chi connectivity index (χ4v) is 4.73. The maximum Gasteiger partial charge on any atom is 0.321 e. The summed E-state index contributed by atoms with van der Waals surface area (Å²) in [4.78, 5) is 34.3. The van der Waals surface area contributed by atoms with E-state index in [1.54, 1.807) is 24.6 Å². The zero-order valence-electron chi connectivity index (χ0n) is 12.3. The zero-order chi connectivity index (χ0) is 15.7. The van der Waals surface area contributed by atoms with Gasteiger partial charge in [0.2, 0.25) is 5.91 Å². The number of hydrogen-bond acceptors (Lipinski definition) is 6. The van der Waals surface area contributed by atoms with Crippen LogP contribution in [0.2, 0.25) is 0 Å². The van der Waals surface area contributed by atoms with E-state index >= 15 is 0 Å². The number of urea groups is 1. The van der Waals surface area contributed by atoms with Gasteiger partial charge in [0.15, 0.2) is 0 Å². The average Bonchev–Trinajstić information content (AvgIpc) is 3.07. The topological polar surface area (TPSA) is 84.0 Å². The molecule has 1 atom stereocenters. The van der Waals surface area contributed by atoms with Crippen molar-refractivity contribution in [2.75, 3.05) is 7.05 Å². The third-order valence-corrected chi connectivity index (χ3v) is 5.89. The Labute approximate surface area is 136 Å². The first kappa shape index (κ1) is 15.2. The van der Waals surface area contributed by atoms with Gasteiger partial charge in [-0.3, -0.25) is 10.1 Å². The summed E-state index contributed by atoms with van der Waals surface area (Å²) in [6.45, 7) is 1.77. The van der Waals surface area contributed by atoms with E-state index in [0.717, 1.165) is 28.1 Å². The molecule has 2 heterocycles. The highest BCUT2D eigenvalue weighted by molar-refractivity contribution is 8.00. The van der Waals surface area contributed by atoms with Crippen molar-refractivity contribution in [3.8, 4) is 0 Å². The van der Waals surface area contributed by atoms with Gasteiger partial charge >= 0.3 is 6.03 Å². The predicted octanol–water partition coefficient (Wildman–Crippen LogP) is 2.12. The third-order valence-electron chi connectivity index (χ3n) is 3.59. The molecule has 0 aromatic carbocycles. The third kappa shape index (κ3) is 2.80. The fraction of sp³-hybridized carbons (Fsp3) is 0.429. The number of amides is 3. The van der Waals surface area contributed by atoms with E-state index in [-0.39, 0.29) is 5.91 Å². The van der Waals surface area contributed by atoms with Crippen LogP contribution < -0.4 is 10.6 Å². The van der Waals surface area contributed by atoms with Crippen LogP contribution in [0, 0.1) is 0 Å². The molecule has 2 aromatic rings. The summed E-state index contributed by atoms with van der Waals surface area (Å²) in [5, 5.41) is 6.16. The smallest absolute Gasteiger partial charge is 0.321 e. The Bertz CT molecular complexity index is 744. The highest BCUT2D eigenvalue weighted by Gasteiger charge is 2.24. The molecule has 2 aromatic heterocycles. The molecule has 22 heavy (non-hydrogen) atoms. The summed E-state index contributed by atoms with van der Waals surface area (Å²) in [6, 6.07) is -0.498. The van der Waals surface area contributed by atoms with Crippen LogP contribution in [-0.4, -0.2) is 34.2 Å². The van der Waals surface area contributed by atoms with Crippen molar-refractivity contribution in [2.24, 2.45) is 0 Å². The number of thioether (sulfide) groups is 1. The Morgan fingerprint density at radius 2 is 2.18 bits per heavy atom. The molecule has 0 fully saturated rings. The molecule has 2 N–H and O–H groups in total. The van der Waals surface area contributed by atoms with E-state index in [4.69, 9.17) is 0 Å². The number of imide groups is 1.